The molecule has 0 amide bonds. The fraction of sp³-hybridized carbons (Fsp3) is 0.455. The molecule has 1 aromatic carbocycles. The number of alkyl halides is 1. The zero-order valence-electron chi connectivity index (χ0n) is 8.74. The lowest BCUT2D eigenvalue weighted by molar-refractivity contribution is 0.110. The zero-order chi connectivity index (χ0) is 10.9. The number of methoxy groups -OCH3 is 1. The standard InChI is InChI=1S/C11H15ClO3/c1-13-10-4-2-3-5-11(10)15-9-8-14-7-6-12/h2-5H,6-9H2,1H3. The lowest BCUT2D eigenvalue weighted by Gasteiger charge is -2.09. The largest absolute Gasteiger partial charge is 0.493 e. The van der Waals surface area contributed by atoms with Crippen molar-refractivity contribution in [1.29, 1.82) is 0 Å². The first-order chi connectivity index (χ1) is 7.38. The molecule has 0 heterocycles. The number of ether oxygens (including phenoxy) is 3. The summed E-state index contributed by atoms with van der Waals surface area (Å²) >= 11 is 5.46. The van der Waals surface area contributed by atoms with Crippen molar-refractivity contribution < 1.29 is 14.2 Å². The SMILES string of the molecule is COc1ccccc1OCCOCCCl. The summed E-state index contributed by atoms with van der Waals surface area (Å²) in [6.45, 7) is 1.58. The van der Waals surface area contributed by atoms with Gasteiger partial charge in [-0.25, -0.2) is 0 Å². The third-order valence-corrected chi connectivity index (χ3v) is 1.93. The Labute approximate surface area is 94.9 Å². The van der Waals surface area contributed by atoms with Crippen LogP contribution in [0.15, 0.2) is 24.3 Å². The Bertz CT molecular complexity index is 278. The number of hydrogen-bond acceptors (Lipinski definition) is 3. The van der Waals surface area contributed by atoms with E-state index in [1.54, 1.807) is 7.11 Å². The first kappa shape index (κ1) is 12.1. The van der Waals surface area contributed by atoms with Gasteiger partial charge >= 0.3 is 0 Å². The molecule has 0 fully saturated rings. The summed E-state index contributed by atoms with van der Waals surface area (Å²) in [5.74, 6) is 1.97. The minimum atomic E-state index is 0.497. The molecule has 0 bridgehead atoms. The lowest BCUT2D eigenvalue weighted by Crippen LogP contribution is -2.08. The minimum absolute atomic E-state index is 0.497. The second-order valence-electron chi connectivity index (χ2n) is 2.80. The summed E-state index contributed by atoms with van der Waals surface area (Å²) in [7, 11) is 1.62. The van der Waals surface area contributed by atoms with Gasteiger partial charge in [0.1, 0.15) is 6.61 Å². The van der Waals surface area contributed by atoms with Crippen LogP contribution < -0.4 is 9.47 Å². The Morgan fingerprint density at radius 1 is 1.07 bits per heavy atom. The molecule has 0 atom stereocenters. The molecular weight excluding hydrogens is 216 g/mol. The van der Waals surface area contributed by atoms with E-state index >= 15 is 0 Å². The quantitative estimate of drug-likeness (QED) is 0.532. The molecular formula is C11H15ClO3. The van der Waals surface area contributed by atoms with Crippen molar-refractivity contribution in [3.05, 3.63) is 24.3 Å². The van der Waals surface area contributed by atoms with Crippen molar-refractivity contribution in [3.8, 4) is 11.5 Å². The van der Waals surface area contributed by atoms with E-state index < -0.39 is 0 Å². The van der Waals surface area contributed by atoms with Crippen molar-refractivity contribution in [2.75, 3.05) is 32.8 Å². The van der Waals surface area contributed by atoms with Crippen molar-refractivity contribution >= 4 is 11.6 Å². The predicted octanol–water partition coefficient (Wildman–Crippen LogP) is 2.33. The third-order valence-electron chi connectivity index (χ3n) is 1.78. The van der Waals surface area contributed by atoms with Gasteiger partial charge in [-0.2, -0.15) is 0 Å². The van der Waals surface area contributed by atoms with Crippen LogP contribution in [0.25, 0.3) is 0 Å². The van der Waals surface area contributed by atoms with Crippen LogP contribution in [0.3, 0.4) is 0 Å². The molecule has 1 aromatic rings. The third kappa shape index (κ3) is 4.40. The molecule has 0 aliphatic rings. The van der Waals surface area contributed by atoms with Gasteiger partial charge in [0.25, 0.3) is 0 Å². The molecule has 0 radical (unpaired) electrons. The molecule has 0 aliphatic carbocycles. The zero-order valence-corrected chi connectivity index (χ0v) is 9.50. The van der Waals surface area contributed by atoms with E-state index in [1.165, 1.54) is 0 Å². The van der Waals surface area contributed by atoms with Gasteiger partial charge in [-0.15, -0.1) is 11.6 Å². The molecule has 4 heteroatoms. The van der Waals surface area contributed by atoms with Gasteiger partial charge < -0.3 is 14.2 Å². The van der Waals surface area contributed by atoms with Gasteiger partial charge in [0, 0.05) is 5.88 Å². The van der Waals surface area contributed by atoms with E-state index in [2.05, 4.69) is 0 Å². The van der Waals surface area contributed by atoms with Gasteiger partial charge in [-0.3, -0.25) is 0 Å². The van der Waals surface area contributed by atoms with Gasteiger partial charge in [-0.05, 0) is 12.1 Å². The highest BCUT2D eigenvalue weighted by Gasteiger charge is 2.01. The van der Waals surface area contributed by atoms with E-state index in [-0.39, 0.29) is 0 Å². The number of rotatable bonds is 7. The highest BCUT2D eigenvalue weighted by Crippen LogP contribution is 2.25. The van der Waals surface area contributed by atoms with Crippen LogP contribution in [0.2, 0.25) is 0 Å². The Balaban J connectivity index is 2.30. The number of benzene rings is 1. The second-order valence-corrected chi connectivity index (χ2v) is 3.18. The van der Waals surface area contributed by atoms with Crippen molar-refractivity contribution in [3.63, 3.8) is 0 Å². The second kappa shape index (κ2) is 7.37. The molecule has 0 aromatic heterocycles. The van der Waals surface area contributed by atoms with Crippen LogP contribution in [0.5, 0.6) is 11.5 Å². The van der Waals surface area contributed by atoms with E-state index in [0.717, 1.165) is 11.5 Å². The molecule has 15 heavy (non-hydrogen) atoms. The lowest BCUT2D eigenvalue weighted by atomic mass is 10.3. The summed E-state index contributed by atoms with van der Waals surface area (Å²) in [6, 6.07) is 7.52. The van der Waals surface area contributed by atoms with Gasteiger partial charge in [0.15, 0.2) is 11.5 Å². The maximum atomic E-state index is 5.48. The molecule has 1 rings (SSSR count). The highest BCUT2D eigenvalue weighted by atomic mass is 35.5. The van der Waals surface area contributed by atoms with E-state index in [9.17, 15) is 0 Å². The van der Waals surface area contributed by atoms with Crippen molar-refractivity contribution in [2.24, 2.45) is 0 Å². The first-order valence-corrected chi connectivity index (χ1v) is 5.31. The number of halogens is 1. The maximum absolute atomic E-state index is 5.48. The molecule has 84 valence electrons. The average Bonchev–Trinajstić information content (AvgIpc) is 2.29. The minimum Gasteiger partial charge on any atom is -0.493 e. The molecule has 3 nitrogen and oxygen atoms in total. The fourth-order valence-corrected chi connectivity index (χ4v) is 1.21. The fourth-order valence-electron chi connectivity index (χ4n) is 1.11. The summed E-state index contributed by atoms with van der Waals surface area (Å²) in [6.07, 6.45) is 0. The van der Waals surface area contributed by atoms with E-state index in [4.69, 9.17) is 25.8 Å². The Kier molecular flexibility index (Phi) is 5.97. The Morgan fingerprint density at radius 2 is 1.80 bits per heavy atom. The molecule has 0 spiro atoms. The maximum Gasteiger partial charge on any atom is 0.161 e. The Hall–Kier alpha value is -0.930. The van der Waals surface area contributed by atoms with Crippen LogP contribution in [-0.4, -0.2) is 32.8 Å². The van der Waals surface area contributed by atoms with Crippen LogP contribution in [0.4, 0.5) is 0 Å². The summed E-state index contributed by atoms with van der Waals surface area (Å²) in [5.41, 5.74) is 0. The van der Waals surface area contributed by atoms with Crippen LogP contribution in [0.1, 0.15) is 0 Å². The van der Waals surface area contributed by atoms with Gasteiger partial charge in [-0.1, -0.05) is 12.1 Å². The molecule has 0 saturated carbocycles. The predicted molar refractivity (Wildman–Crippen MR) is 60.0 cm³/mol. The molecule has 0 unspecified atom stereocenters. The highest BCUT2D eigenvalue weighted by molar-refractivity contribution is 6.17. The first-order valence-electron chi connectivity index (χ1n) is 4.78. The van der Waals surface area contributed by atoms with E-state index in [1.807, 2.05) is 24.3 Å². The summed E-state index contributed by atoms with van der Waals surface area (Å²) in [5, 5.41) is 0. The van der Waals surface area contributed by atoms with Crippen LogP contribution in [0, 0.1) is 0 Å². The van der Waals surface area contributed by atoms with Crippen LogP contribution >= 0.6 is 11.6 Å². The van der Waals surface area contributed by atoms with Gasteiger partial charge in [0.2, 0.25) is 0 Å². The van der Waals surface area contributed by atoms with Crippen molar-refractivity contribution in [2.45, 2.75) is 0 Å². The smallest absolute Gasteiger partial charge is 0.161 e. The average molecular weight is 231 g/mol. The van der Waals surface area contributed by atoms with Gasteiger partial charge in [0.05, 0.1) is 20.3 Å². The van der Waals surface area contributed by atoms with Crippen LogP contribution in [-0.2, 0) is 4.74 Å². The topological polar surface area (TPSA) is 27.7 Å². The molecule has 0 aliphatic heterocycles. The van der Waals surface area contributed by atoms with E-state index in [0.29, 0.717) is 25.7 Å². The Morgan fingerprint density at radius 3 is 2.47 bits per heavy atom. The van der Waals surface area contributed by atoms with Crippen molar-refractivity contribution in [1.82, 2.24) is 0 Å². The molecule has 0 N–H and O–H groups in total. The normalized spacial score (nSPS) is 10.0. The molecule has 0 saturated heterocycles. The number of para-hydroxylation sites is 2. The summed E-state index contributed by atoms with van der Waals surface area (Å²) in [4.78, 5) is 0. The summed E-state index contributed by atoms with van der Waals surface area (Å²) < 4.78 is 15.8. The number of hydrogen-bond donors (Lipinski definition) is 0. The monoisotopic (exact) mass is 230 g/mol.